The fraction of sp³-hybridized carbons (Fsp3) is 0.200. The Balaban J connectivity index is 2.15. The van der Waals surface area contributed by atoms with Crippen molar-refractivity contribution < 1.29 is 9.66 Å². The Kier molecular flexibility index (Phi) is 5.04. The number of nitro benzene ring substituents is 1. The molecule has 4 nitrogen and oxygen atoms in total. The normalized spacial score (nSPS) is 10.4. The lowest BCUT2D eigenvalue weighted by atomic mass is 10.1. The number of nitrogens with zero attached hydrogens (tertiary/aromatic N) is 1. The first-order valence-corrected chi connectivity index (χ1v) is 7.13. The lowest BCUT2D eigenvalue weighted by Gasteiger charge is -2.11. The largest absolute Gasteiger partial charge is 0.489 e. The molecule has 0 bridgehead atoms. The van der Waals surface area contributed by atoms with E-state index < -0.39 is 4.92 Å². The van der Waals surface area contributed by atoms with Gasteiger partial charge in [0.2, 0.25) is 0 Å². The molecule has 0 fully saturated rings. The average Bonchev–Trinajstić information content (AvgIpc) is 2.46. The van der Waals surface area contributed by atoms with Crippen molar-refractivity contribution in [2.24, 2.45) is 0 Å². The van der Waals surface area contributed by atoms with Crippen LogP contribution in [-0.4, -0.2) is 4.92 Å². The Morgan fingerprint density at radius 3 is 2.57 bits per heavy atom. The number of aryl methyl sites for hydroxylation is 1. The van der Waals surface area contributed by atoms with Crippen molar-refractivity contribution in [2.75, 3.05) is 0 Å². The molecule has 0 N–H and O–H groups in total. The van der Waals surface area contributed by atoms with E-state index in [0.29, 0.717) is 22.2 Å². The quantitative estimate of drug-likeness (QED) is 0.447. The highest BCUT2D eigenvalue weighted by Gasteiger charge is 2.10. The number of halogens is 2. The lowest BCUT2D eigenvalue weighted by Crippen LogP contribution is -1.99. The molecular formula is C15H13Cl2NO3. The molecule has 0 unspecified atom stereocenters. The summed E-state index contributed by atoms with van der Waals surface area (Å²) in [6.45, 7) is 2.21. The van der Waals surface area contributed by atoms with Gasteiger partial charge in [-0.25, -0.2) is 0 Å². The first-order valence-electron chi connectivity index (χ1n) is 6.22. The predicted octanol–water partition coefficient (Wildman–Crippen LogP) is 4.87. The Morgan fingerprint density at radius 1 is 1.19 bits per heavy atom. The first-order chi connectivity index (χ1) is 10.0. The molecule has 2 aromatic carbocycles. The van der Waals surface area contributed by atoms with Crippen LogP contribution in [0.5, 0.6) is 5.75 Å². The highest BCUT2D eigenvalue weighted by molar-refractivity contribution is 6.31. The van der Waals surface area contributed by atoms with Gasteiger partial charge in [-0.3, -0.25) is 10.1 Å². The SMILES string of the molecule is Cc1ccc(OCc2ccc([N+](=O)[O-])cc2Cl)c(CCl)c1. The van der Waals surface area contributed by atoms with Crippen LogP contribution in [0.25, 0.3) is 0 Å². The second-order valence-electron chi connectivity index (χ2n) is 4.57. The fourth-order valence-corrected chi connectivity index (χ4v) is 2.31. The summed E-state index contributed by atoms with van der Waals surface area (Å²) in [6, 6.07) is 10.1. The number of ether oxygens (including phenoxy) is 1. The maximum atomic E-state index is 10.7. The molecule has 0 saturated heterocycles. The molecule has 110 valence electrons. The van der Waals surface area contributed by atoms with Crippen LogP contribution in [0.4, 0.5) is 5.69 Å². The maximum absolute atomic E-state index is 10.7. The number of rotatable bonds is 5. The molecule has 2 aromatic rings. The van der Waals surface area contributed by atoms with Crippen molar-refractivity contribution >= 4 is 28.9 Å². The van der Waals surface area contributed by atoms with Crippen LogP contribution in [0.3, 0.4) is 0 Å². The first kappa shape index (κ1) is 15.6. The van der Waals surface area contributed by atoms with Gasteiger partial charge in [0, 0.05) is 23.3 Å². The molecule has 0 aliphatic rings. The Morgan fingerprint density at radius 2 is 1.95 bits per heavy atom. The van der Waals surface area contributed by atoms with Gasteiger partial charge in [-0.15, -0.1) is 11.6 Å². The molecule has 2 rings (SSSR count). The highest BCUT2D eigenvalue weighted by atomic mass is 35.5. The molecular weight excluding hydrogens is 313 g/mol. The number of non-ortho nitro benzene ring substituents is 1. The minimum atomic E-state index is -0.484. The van der Waals surface area contributed by atoms with E-state index in [2.05, 4.69) is 0 Å². The second-order valence-corrected chi connectivity index (χ2v) is 5.24. The van der Waals surface area contributed by atoms with Gasteiger partial charge < -0.3 is 4.74 Å². The standard InChI is InChI=1S/C15H13Cl2NO3/c1-10-2-5-15(12(6-10)8-16)21-9-11-3-4-13(18(19)20)7-14(11)17/h2-7H,8-9H2,1H3. The van der Waals surface area contributed by atoms with E-state index in [1.165, 1.54) is 12.1 Å². The van der Waals surface area contributed by atoms with Crippen LogP contribution in [0.1, 0.15) is 16.7 Å². The molecule has 0 amide bonds. The van der Waals surface area contributed by atoms with E-state index in [-0.39, 0.29) is 12.3 Å². The lowest BCUT2D eigenvalue weighted by molar-refractivity contribution is -0.384. The summed E-state index contributed by atoms with van der Waals surface area (Å²) in [5, 5.41) is 11.0. The van der Waals surface area contributed by atoms with Gasteiger partial charge in [0.05, 0.1) is 15.8 Å². The monoisotopic (exact) mass is 325 g/mol. The van der Waals surface area contributed by atoms with Crippen LogP contribution in [0.2, 0.25) is 5.02 Å². The molecule has 0 aromatic heterocycles. The van der Waals surface area contributed by atoms with E-state index >= 15 is 0 Å². The number of hydrogen-bond acceptors (Lipinski definition) is 3. The molecule has 0 aliphatic carbocycles. The smallest absolute Gasteiger partial charge is 0.270 e. The van der Waals surface area contributed by atoms with E-state index in [1.54, 1.807) is 6.07 Å². The van der Waals surface area contributed by atoms with Crippen LogP contribution in [-0.2, 0) is 12.5 Å². The van der Waals surface area contributed by atoms with Crippen molar-refractivity contribution in [3.63, 3.8) is 0 Å². The van der Waals surface area contributed by atoms with Gasteiger partial charge in [-0.05, 0) is 19.1 Å². The van der Waals surface area contributed by atoms with E-state index in [0.717, 1.165) is 11.1 Å². The predicted molar refractivity (Wildman–Crippen MR) is 83.2 cm³/mol. The van der Waals surface area contributed by atoms with Crippen LogP contribution >= 0.6 is 23.2 Å². The van der Waals surface area contributed by atoms with E-state index in [9.17, 15) is 10.1 Å². The van der Waals surface area contributed by atoms with Crippen molar-refractivity contribution in [3.05, 3.63) is 68.2 Å². The van der Waals surface area contributed by atoms with Crippen molar-refractivity contribution in [2.45, 2.75) is 19.4 Å². The number of hydrogen-bond donors (Lipinski definition) is 0. The third-order valence-electron chi connectivity index (χ3n) is 2.99. The summed E-state index contributed by atoms with van der Waals surface area (Å²) in [5.74, 6) is 1.04. The highest BCUT2D eigenvalue weighted by Crippen LogP contribution is 2.26. The van der Waals surface area contributed by atoms with Gasteiger partial charge in [-0.2, -0.15) is 0 Å². The minimum Gasteiger partial charge on any atom is -0.489 e. The van der Waals surface area contributed by atoms with Crippen molar-refractivity contribution in [1.29, 1.82) is 0 Å². The summed E-state index contributed by atoms with van der Waals surface area (Å²) >= 11 is 11.9. The zero-order valence-corrected chi connectivity index (χ0v) is 12.8. The molecule has 6 heteroatoms. The fourth-order valence-electron chi connectivity index (χ4n) is 1.88. The zero-order valence-electron chi connectivity index (χ0n) is 11.3. The Hall–Kier alpha value is -1.78. The second kappa shape index (κ2) is 6.78. The Bertz CT molecular complexity index is 674. The van der Waals surface area contributed by atoms with Gasteiger partial charge in [-0.1, -0.05) is 29.3 Å². The maximum Gasteiger partial charge on any atom is 0.270 e. The zero-order chi connectivity index (χ0) is 15.4. The number of benzene rings is 2. The van der Waals surface area contributed by atoms with Crippen LogP contribution in [0.15, 0.2) is 36.4 Å². The summed E-state index contributed by atoms with van der Waals surface area (Å²) in [6.07, 6.45) is 0. The summed E-state index contributed by atoms with van der Waals surface area (Å²) < 4.78 is 5.71. The number of nitro groups is 1. The number of alkyl halides is 1. The summed E-state index contributed by atoms with van der Waals surface area (Å²) in [7, 11) is 0. The molecule has 0 heterocycles. The third kappa shape index (κ3) is 3.86. The van der Waals surface area contributed by atoms with Gasteiger partial charge in [0.15, 0.2) is 0 Å². The molecule has 0 spiro atoms. The average molecular weight is 326 g/mol. The molecule has 0 atom stereocenters. The molecule has 0 saturated carbocycles. The third-order valence-corrected chi connectivity index (χ3v) is 3.63. The molecule has 0 aliphatic heterocycles. The van der Waals surface area contributed by atoms with Crippen LogP contribution in [0, 0.1) is 17.0 Å². The van der Waals surface area contributed by atoms with Gasteiger partial charge in [0.1, 0.15) is 12.4 Å². The van der Waals surface area contributed by atoms with Crippen LogP contribution < -0.4 is 4.74 Å². The summed E-state index contributed by atoms with van der Waals surface area (Å²) in [5.41, 5.74) is 2.64. The van der Waals surface area contributed by atoms with Crippen molar-refractivity contribution in [1.82, 2.24) is 0 Å². The van der Waals surface area contributed by atoms with Crippen molar-refractivity contribution in [3.8, 4) is 5.75 Å². The van der Waals surface area contributed by atoms with Gasteiger partial charge in [0.25, 0.3) is 5.69 Å². The van der Waals surface area contributed by atoms with Gasteiger partial charge >= 0.3 is 0 Å². The molecule has 21 heavy (non-hydrogen) atoms. The van der Waals surface area contributed by atoms with E-state index in [4.69, 9.17) is 27.9 Å². The summed E-state index contributed by atoms with van der Waals surface area (Å²) in [4.78, 5) is 10.2. The Labute approximate surface area is 132 Å². The molecule has 0 radical (unpaired) electrons. The minimum absolute atomic E-state index is 0.0412. The van der Waals surface area contributed by atoms with E-state index in [1.807, 2.05) is 25.1 Å². The topological polar surface area (TPSA) is 52.4 Å².